The highest BCUT2D eigenvalue weighted by atomic mass is 14.5. The van der Waals surface area contributed by atoms with Gasteiger partial charge < -0.3 is 0 Å². The zero-order chi connectivity index (χ0) is 21.2. The predicted octanol–water partition coefficient (Wildman–Crippen LogP) is 10.9. The van der Waals surface area contributed by atoms with Crippen LogP contribution in [-0.2, 0) is 0 Å². The average molecular weight is 407 g/mol. The highest BCUT2D eigenvalue weighted by Crippen LogP contribution is 2.54. The van der Waals surface area contributed by atoms with E-state index in [0.717, 1.165) is 17.3 Å². The van der Waals surface area contributed by atoms with Crippen molar-refractivity contribution in [2.24, 2.45) is 17.3 Å². The van der Waals surface area contributed by atoms with Gasteiger partial charge in [-0.25, -0.2) is 0 Å². The van der Waals surface area contributed by atoms with Gasteiger partial charge in [0.05, 0.1) is 0 Å². The molecule has 1 rings (SSSR count). The molecule has 0 N–H and O–H groups in total. The monoisotopic (exact) mass is 406 g/mol. The first-order valence-corrected chi connectivity index (χ1v) is 14.2. The molecule has 1 aliphatic carbocycles. The third-order valence-electron chi connectivity index (χ3n) is 8.00. The van der Waals surface area contributed by atoms with Crippen molar-refractivity contribution in [1.82, 2.24) is 0 Å². The van der Waals surface area contributed by atoms with Crippen molar-refractivity contribution in [3.05, 3.63) is 0 Å². The van der Waals surface area contributed by atoms with Crippen molar-refractivity contribution in [3.63, 3.8) is 0 Å². The summed E-state index contributed by atoms with van der Waals surface area (Å²) in [7, 11) is 0. The minimum atomic E-state index is 0.722. The van der Waals surface area contributed by atoms with Gasteiger partial charge in [0, 0.05) is 0 Å². The molecule has 1 saturated carbocycles. The fourth-order valence-electron chi connectivity index (χ4n) is 6.41. The molecule has 0 bridgehead atoms. The Bertz CT molecular complexity index is 324. The van der Waals surface area contributed by atoms with E-state index in [1.54, 1.807) is 19.3 Å². The predicted molar refractivity (Wildman–Crippen MR) is 134 cm³/mol. The van der Waals surface area contributed by atoms with Crippen LogP contribution in [0.25, 0.3) is 0 Å². The van der Waals surface area contributed by atoms with E-state index >= 15 is 0 Å². The zero-order valence-corrected chi connectivity index (χ0v) is 21.2. The summed E-state index contributed by atoms with van der Waals surface area (Å²) in [4.78, 5) is 0. The van der Waals surface area contributed by atoms with E-state index in [4.69, 9.17) is 0 Å². The third kappa shape index (κ3) is 11.8. The van der Waals surface area contributed by atoms with Gasteiger partial charge >= 0.3 is 0 Å². The van der Waals surface area contributed by atoms with E-state index in [-0.39, 0.29) is 0 Å². The molecule has 0 spiro atoms. The molecule has 0 saturated heterocycles. The van der Waals surface area contributed by atoms with Gasteiger partial charge in [-0.3, -0.25) is 0 Å². The molecule has 0 aliphatic heterocycles. The lowest BCUT2D eigenvalue weighted by Crippen LogP contribution is -2.26. The van der Waals surface area contributed by atoms with Crippen LogP contribution in [0.3, 0.4) is 0 Å². The van der Waals surface area contributed by atoms with Gasteiger partial charge in [0.25, 0.3) is 0 Å². The third-order valence-corrected chi connectivity index (χ3v) is 8.00. The number of rotatable bonds is 20. The molecule has 0 aromatic rings. The van der Waals surface area contributed by atoms with Crippen LogP contribution in [0.5, 0.6) is 0 Å². The highest BCUT2D eigenvalue weighted by Gasteiger charge is 2.43. The maximum Gasteiger partial charge on any atom is -0.0267 e. The average Bonchev–Trinajstić information content (AvgIpc) is 3.01. The first kappa shape index (κ1) is 27.0. The molecule has 0 nitrogen and oxygen atoms in total. The minimum absolute atomic E-state index is 0.722. The molecule has 0 heteroatoms. The van der Waals surface area contributed by atoms with Crippen molar-refractivity contribution in [2.45, 2.75) is 169 Å². The molecule has 0 heterocycles. The largest absolute Gasteiger partial charge is 0.0654 e. The molecular formula is C29H58. The van der Waals surface area contributed by atoms with Crippen LogP contribution in [0, 0.1) is 17.3 Å². The Balaban J connectivity index is 2.34. The van der Waals surface area contributed by atoms with Crippen LogP contribution in [-0.4, -0.2) is 0 Å². The fourth-order valence-corrected chi connectivity index (χ4v) is 6.41. The summed E-state index contributed by atoms with van der Waals surface area (Å²) in [5.74, 6) is 2.02. The van der Waals surface area contributed by atoms with Crippen LogP contribution in [0.15, 0.2) is 0 Å². The molecule has 1 fully saturated rings. The Hall–Kier alpha value is 0. The minimum Gasteiger partial charge on any atom is -0.0654 e. The smallest absolute Gasteiger partial charge is 0.0267 e. The Kier molecular flexibility index (Phi) is 16.5. The maximum atomic E-state index is 2.55. The van der Waals surface area contributed by atoms with E-state index < -0.39 is 0 Å². The van der Waals surface area contributed by atoms with Gasteiger partial charge in [0.15, 0.2) is 0 Å². The Labute approximate surface area is 186 Å². The molecule has 1 aliphatic rings. The van der Waals surface area contributed by atoms with Crippen molar-refractivity contribution < 1.29 is 0 Å². The van der Waals surface area contributed by atoms with Crippen molar-refractivity contribution in [3.8, 4) is 0 Å². The first-order valence-electron chi connectivity index (χ1n) is 14.2. The van der Waals surface area contributed by atoms with Crippen molar-refractivity contribution in [1.29, 1.82) is 0 Å². The number of hydrogen-bond acceptors (Lipinski definition) is 0. The Morgan fingerprint density at radius 2 is 0.966 bits per heavy atom. The van der Waals surface area contributed by atoms with E-state index in [1.807, 2.05) is 0 Å². The lowest BCUT2D eigenvalue weighted by molar-refractivity contribution is 0.141. The van der Waals surface area contributed by atoms with Crippen molar-refractivity contribution in [2.75, 3.05) is 0 Å². The van der Waals surface area contributed by atoms with Gasteiger partial charge in [0.1, 0.15) is 0 Å². The normalized spacial score (nSPS) is 21.1. The van der Waals surface area contributed by atoms with Gasteiger partial charge in [-0.05, 0) is 42.9 Å². The summed E-state index contributed by atoms with van der Waals surface area (Å²) < 4.78 is 0. The van der Waals surface area contributed by atoms with Crippen LogP contribution < -0.4 is 0 Å². The zero-order valence-electron chi connectivity index (χ0n) is 21.2. The second-order valence-corrected chi connectivity index (χ2v) is 10.8. The first-order chi connectivity index (χ1) is 14.2. The van der Waals surface area contributed by atoms with E-state index in [2.05, 4.69) is 27.7 Å². The van der Waals surface area contributed by atoms with Crippen molar-refractivity contribution >= 4 is 0 Å². The van der Waals surface area contributed by atoms with Crippen LogP contribution in [0.4, 0.5) is 0 Å². The standard InChI is InChI=1S/C29H58/c1-5-8-10-12-14-16-18-20-23-29(26-27(4)25-28(29)22-7-3)24-21-19-17-15-13-11-9-6-2/h27-28H,5-26H2,1-4H3. The summed E-state index contributed by atoms with van der Waals surface area (Å²) in [6, 6.07) is 0. The fraction of sp³-hybridized carbons (Fsp3) is 1.00. The van der Waals surface area contributed by atoms with Gasteiger partial charge in [-0.2, -0.15) is 0 Å². The van der Waals surface area contributed by atoms with Crippen LogP contribution >= 0.6 is 0 Å². The summed E-state index contributed by atoms with van der Waals surface area (Å²) in [6.45, 7) is 9.61. The molecule has 2 atom stereocenters. The quantitative estimate of drug-likeness (QED) is 0.176. The molecule has 0 aromatic heterocycles. The number of unbranched alkanes of at least 4 members (excludes halogenated alkanes) is 14. The van der Waals surface area contributed by atoms with Crippen LogP contribution in [0.1, 0.15) is 169 Å². The van der Waals surface area contributed by atoms with Gasteiger partial charge in [-0.1, -0.05) is 143 Å². The Morgan fingerprint density at radius 1 is 0.552 bits per heavy atom. The molecular weight excluding hydrogens is 348 g/mol. The SMILES string of the molecule is CCCCCCCCCCC1(CCCCCCCCCC)CC(C)CC1CCC. The lowest BCUT2D eigenvalue weighted by Gasteiger charge is -2.36. The van der Waals surface area contributed by atoms with E-state index in [0.29, 0.717) is 0 Å². The number of hydrogen-bond donors (Lipinski definition) is 0. The lowest BCUT2D eigenvalue weighted by atomic mass is 9.69. The second kappa shape index (κ2) is 17.7. The second-order valence-electron chi connectivity index (χ2n) is 10.8. The Morgan fingerprint density at radius 3 is 1.38 bits per heavy atom. The summed E-state index contributed by atoms with van der Waals surface area (Å²) >= 11 is 0. The molecule has 0 amide bonds. The molecule has 0 aromatic carbocycles. The van der Waals surface area contributed by atoms with E-state index in [1.165, 1.54) is 122 Å². The molecule has 174 valence electrons. The summed E-state index contributed by atoms with van der Waals surface area (Å²) in [6.07, 6.45) is 32.6. The maximum absolute atomic E-state index is 2.55. The van der Waals surface area contributed by atoms with E-state index in [9.17, 15) is 0 Å². The van der Waals surface area contributed by atoms with Crippen LogP contribution in [0.2, 0.25) is 0 Å². The topological polar surface area (TPSA) is 0 Å². The van der Waals surface area contributed by atoms with Gasteiger partial charge in [-0.15, -0.1) is 0 Å². The highest BCUT2D eigenvalue weighted by molar-refractivity contribution is 4.94. The molecule has 29 heavy (non-hydrogen) atoms. The summed E-state index contributed by atoms with van der Waals surface area (Å²) in [5, 5.41) is 0. The molecule has 0 radical (unpaired) electrons. The summed E-state index contributed by atoms with van der Waals surface area (Å²) in [5.41, 5.74) is 0.722. The molecule has 2 unspecified atom stereocenters. The van der Waals surface area contributed by atoms with Gasteiger partial charge in [0.2, 0.25) is 0 Å².